The normalized spacial score (nSPS) is 18.0. The molecule has 6 nitrogen and oxygen atoms in total. The van der Waals surface area contributed by atoms with Gasteiger partial charge in [-0.05, 0) is 31.7 Å². The number of aliphatic imine (C=N–C) groups is 1. The molecule has 0 bridgehead atoms. The molecule has 3 rings (SSSR count). The Morgan fingerprint density at radius 3 is 2.89 bits per heavy atom. The van der Waals surface area contributed by atoms with Crippen molar-refractivity contribution in [1.29, 1.82) is 0 Å². The van der Waals surface area contributed by atoms with E-state index in [1.54, 1.807) is 7.05 Å². The molecule has 0 saturated carbocycles. The highest BCUT2D eigenvalue weighted by Crippen LogP contribution is 2.24. The Kier molecular flexibility index (Phi) is 6.37. The number of furan rings is 1. The van der Waals surface area contributed by atoms with Crippen molar-refractivity contribution in [3.8, 4) is 0 Å². The summed E-state index contributed by atoms with van der Waals surface area (Å²) < 4.78 is 5.92. The van der Waals surface area contributed by atoms with Gasteiger partial charge in [0.15, 0.2) is 5.96 Å². The van der Waals surface area contributed by atoms with Crippen LogP contribution in [0.25, 0.3) is 11.0 Å². The van der Waals surface area contributed by atoms with Crippen molar-refractivity contribution in [1.82, 2.24) is 15.5 Å². The lowest BCUT2D eigenvalue weighted by Gasteiger charge is -2.31. The van der Waals surface area contributed by atoms with Gasteiger partial charge < -0.3 is 20.0 Å². The molecule has 6 heteroatoms. The fourth-order valence-corrected chi connectivity index (χ4v) is 3.64. The lowest BCUT2D eigenvalue weighted by Crippen LogP contribution is -2.42. The number of hydrogen-bond donors (Lipinski definition) is 2. The molecule has 1 fully saturated rings. The number of hydrogen-bond acceptors (Lipinski definition) is 3. The van der Waals surface area contributed by atoms with Gasteiger partial charge in [-0.3, -0.25) is 9.79 Å². The maximum atomic E-state index is 12.3. The number of carbonyl (C=O) groups excluding carboxylic acids is 1. The van der Waals surface area contributed by atoms with Crippen LogP contribution in [-0.2, 0) is 11.3 Å². The Balaban J connectivity index is 1.46. The fraction of sp³-hybridized carbons (Fsp3) is 0.524. The van der Waals surface area contributed by atoms with Gasteiger partial charge in [-0.25, -0.2) is 0 Å². The SMILES string of the molecule is CN=C(NCCC(=O)N1CCCC(C)C1)NCc1oc2ccccc2c1C. The number of piperidine rings is 1. The number of rotatable bonds is 5. The highest BCUT2D eigenvalue weighted by Gasteiger charge is 2.20. The van der Waals surface area contributed by atoms with Crippen LogP contribution < -0.4 is 10.6 Å². The molecule has 1 saturated heterocycles. The molecule has 2 heterocycles. The molecule has 1 aromatic heterocycles. The van der Waals surface area contributed by atoms with E-state index >= 15 is 0 Å². The monoisotopic (exact) mass is 370 g/mol. The molecule has 1 atom stereocenters. The number of amides is 1. The van der Waals surface area contributed by atoms with Crippen molar-refractivity contribution in [3.05, 3.63) is 35.6 Å². The van der Waals surface area contributed by atoms with Crippen molar-refractivity contribution in [2.45, 2.75) is 39.7 Å². The van der Waals surface area contributed by atoms with E-state index in [0.717, 1.165) is 41.8 Å². The van der Waals surface area contributed by atoms with Crippen molar-refractivity contribution < 1.29 is 9.21 Å². The largest absolute Gasteiger partial charge is 0.459 e. The van der Waals surface area contributed by atoms with E-state index in [0.29, 0.717) is 31.4 Å². The number of nitrogens with one attached hydrogen (secondary N) is 2. The summed E-state index contributed by atoms with van der Waals surface area (Å²) in [6, 6.07) is 8.04. The van der Waals surface area contributed by atoms with Crippen LogP contribution in [0.5, 0.6) is 0 Å². The number of fused-ring (bicyclic) bond motifs is 1. The van der Waals surface area contributed by atoms with Gasteiger partial charge >= 0.3 is 0 Å². The predicted octanol–water partition coefficient (Wildman–Crippen LogP) is 3.05. The van der Waals surface area contributed by atoms with Crippen LogP contribution in [0.3, 0.4) is 0 Å². The molecular formula is C21H30N4O2. The molecule has 1 aromatic carbocycles. The van der Waals surface area contributed by atoms with Crippen molar-refractivity contribution in [2.75, 3.05) is 26.7 Å². The highest BCUT2D eigenvalue weighted by atomic mass is 16.3. The van der Waals surface area contributed by atoms with Gasteiger partial charge in [-0.2, -0.15) is 0 Å². The Labute approximate surface area is 161 Å². The molecule has 0 radical (unpaired) electrons. The zero-order valence-electron chi connectivity index (χ0n) is 16.5. The van der Waals surface area contributed by atoms with Gasteiger partial charge in [0.05, 0.1) is 6.54 Å². The Morgan fingerprint density at radius 1 is 1.33 bits per heavy atom. The number of para-hydroxylation sites is 1. The third-order valence-electron chi connectivity index (χ3n) is 5.22. The Bertz CT molecular complexity index is 812. The van der Waals surface area contributed by atoms with Crippen LogP contribution in [0.4, 0.5) is 0 Å². The first-order valence-corrected chi connectivity index (χ1v) is 9.77. The average molecular weight is 370 g/mol. The predicted molar refractivity (Wildman–Crippen MR) is 109 cm³/mol. The summed E-state index contributed by atoms with van der Waals surface area (Å²) >= 11 is 0. The van der Waals surface area contributed by atoms with Crippen LogP contribution in [0.2, 0.25) is 0 Å². The fourth-order valence-electron chi connectivity index (χ4n) is 3.64. The molecule has 1 aliphatic rings. The Morgan fingerprint density at radius 2 is 2.15 bits per heavy atom. The standard InChI is InChI=1S/C21H30N4O2/c1-15-7-6-12-25(14-15)20(26)10-11-23-21(22-3)24-13-19-16(2)17-8-4-5-9-18(17)27-19/h4-5,8-9,15H,6-7,10-14H2,1-3H3,(H2,22,23,24). The molecular weight excluding hydrogens is 340 g/mol. The number of nitrogens with zero attached hydrogens (tertiary/aromatic N) is 2. The first kappa shape index (κ1) is 19.3. The first-order valence-electron chi connectivity index (χ1n) is 9.77. The smallest absolute Gasteiger partial charge is 0.224 e. The van der Waals surface area contributed by atoms with Crippen molar-refractivity contribution in [3.63, 3.8) is 0 Å². The molecule has 0 spiro atoms. The topological polar surface area (TPSA) is 69.9 Å². The van der Waals surface area contributed by atoms with Gasteiger partial charge in [0, 0.05) is 44.1 Å². The number of likely N-dealkylation sites (tertiary alicyclic amines) is 1. The van der Waals surface area contributed by atoms with E-state index in [9.17, 15) is 4.79 Å². The second-order valence-corrected chi connectivity index (χ2v) is 7.34. The number of benzene rings is 1. The summed E-state index contributed by atoms with van der Waals surface area (Å²) in [7, 11) is 1.73. The molecule has 2 aromatic rings. The molecule has 1 aliphatic heterocycles. The third-order valence-corrected chi connectivity index (χ3v) is 5.22. The molecule has 2 N–H and O–H groups in total. The van der Waals surface area contributed by atoms with Crippen LogP contribution in [0.15, 0.2) is 33.7 Å². The summed E-state index contributed by atoms with van der Waals surface area (Å²) in [5.74, 6) is 2.40. The quantitative estimate of drug-likeness (QED) is 0.627. The minimum Gasteiger partial charge on any atom is -0.459 e. The average Bonchev–Trinajstić information content (AvgIpc) is 3.00. The zero-order valence-corrected chi connectivity index (χ0v) is 16.5. The van der Waals surface area contributed by atoms with Gasteiger partial charge in [0.1, 0.15) is 11.3 Å². The Hall–Kier alpha value is -2.50. The van der Waals surface area contributed by atoms with Crippen molar-refractivity contribution >= 4 is 22.8 Å². The first-order chi connectivity index (χ1) is 13.1. The van der Waals surface area contributed by atoms with Gasteiger partial charge in [-0.15, -0.1) is 0 Å². The molecule has 0 aliphatic carbocycles. The minimum atomic E-state index is 0.220. The highest BCUT2D eigenvalue weighted by molar-refractivity contribution is 5.83. The van der Waals surface area contributed by atoms with E-state index in [-0.39, 0.29) is 5.91 Å². The third kappa shape index (κ3) is 4.81. The van der Waals surface area contributed by atoms with Crippen LogP contribution in [0.1, 0.15) is 37.5 Å². The van der Waals surface area contributed by atoms with E-state index < -0.39 is 0 Å². The lowest BCUT2D eigenvalue weighted by molar-refractivity contribution is -0.132. The van der Waals surface area contributed by atoms with Crippen LogP contribution in [0, 0.1) is 12.8 Å². The second kappa shape index (κ2) is 8.93. The second-order valence-electron chi connectivity index (χ2n) is 7.34. The number of guanidine groups is 1. The summed E-state index contributed by atoms with van der Waals surface area (Å²) in [6.07, 6.45) is 2.82. The van der Waals surface area contributed by atoms with Crippen molar-refractivity contribution in [2.24, 2.45) is 10.9 Å². The van der Waals surface area contributed by atoms with E-state index in [1.165, 1.54) is 6.42 Å². The molecule has 1 unspecified atom stereocenters. The summed E-state index contributed by atoms with van der Waals surface area (Å²) in [6.45, 7) is 7.18. The van der Waals surface area contributed by atoms with E-state index in [2.05, 4.69) is 35.5 Å². The van der Waals surface area contributed by atoms with E-state index in [4.69, 9.17) is 4.42 Å². The molecule has 146 valence electrons. The summed E-state index contributed by atoms with van der Waals surface area (Å²) in [5, 5.41) is 7.63. The lowest BCUT2D eigenvalue weighted by atomic mass is 10.00. The zero-order chi connectivity index (χ0) is 19.2. The maximum absolute atomic E-state index is 12.3. The summed E-state index contributed by atoms with van der Waals surface area (Å²) in [4.78, 5) is 18.6. The number of carbonyl (C=O) groups is 1. The van der Waals surface area contributed by atoms with Crippen LogP contribution in [-0.4, -0.2) is 43.4 Å². The maximum Gasteiger partial charge on any atom is 0.224 e. The van der Waals surface area contributed by atoms with Crippen LogP contribution >= 0.6 is 0 Å². The summed E-state index contributed by atoms with van der Waals surface area (Å²) in [5.41, 5.74) is 2.04. The van der Waals surface area contributed by atoms with Gasteiger partial charge in [0.25, 0.3) is 0 Å². The molecule has 27 heavy (non-hydrogen) atoms. The minimum absolute atomic E-state index is 0.220. The van der Waals surface area contributed by atoms with Gasteiger partial charge in [-0.1, -0.05) is 25.1 Å². The van der Waals surface area contributed by atoms with E-state index in [1.807, 2.05) is 23.1 Å². The molecule has 1 amide bonds. The number of aryl methyl sites for hydroxylation is 1. The van der Waals surface area contributed by atoms with Gasteiger partial charge in [0.2, 0.25) is 5.91 Å².